The molecule has 28 heteroatoms. The Morgan fingerprint density at radius 1 is 0.906 bits per heavy atom. The first-order valence-electron chi connectivity index (χ1n) is 18.8. The van der Waals surface area contributed by atoms with Crippen LogP contribution in [0, 0.1) is 0 Å². The van der Waals surface area contributed by atoms with Gasteiger partial charge in [0.1, 0.15) is 60.2 Å². The Morgan fingerprint density at radius 3 is 1.98 bits per heavy atom. The number of nitrogens with one attached hydrogen (secondary N) is 2. The van der Waals surface area contributed by atoms with Crippen molar-refractivity contribution < 1.29 is 95.1 Å². The van der Waals surface area contributed by atoms with Crippen LogP contribution in [0.2, 0.25) is 0 Å². The van der Waals surface area contributed by atoms with E-state index >= 15 is 0 Å². The minimum Gasteiger partial charge on any atom is -0.494 e. The molecule has 0 aliphatic carbocycles. The van der Waals surface area contributed by atoms with Gasteiger partial charge in [-0.3, -0.25) is 28.8 Å². The molecule has 3 aliphatic rings. The number of benzene rings is 1. The lowest BCUT2D eigenvalue weighted by Crippen LogP contribution is -2.59. The molecule has 1 aromatic carbocycles. The number of halogens is 6. The van der Waals surface area contributed by atoms with Gasteiger partial charge in [0, 0.05) is 38.1 Å². The number of aliphatic hydroxyl groups excluding tert-OH is 4. The highest BCUT2D eigenvalue weighted by molar-refractivity contribution is 6.06. The number of anilines is 1. The van der Waals surface area contributed by atoms with Crippen molar-refractivity contribution in [3.8, 4) is 5.75 Å². The molecule has 2 saturated heterocycles. The number of amides is 2. The van der Waals surface area contributed by atoms with Gasteiger partial charge in [0.25, 0.3) is 11.5 Å². The average Bonchev–Trinajstić information content (AvgIpc) is 3.62. The van der Waals surface area contributed by atoms with Gasteiger partial charge in [-0.05, 0) is 43.8 Å². The predicted molar refractivity (Wildman–Crippen MR) is 202 cm³/mol. The van der Waals surface area contributed by atoms with Gasteiger partial charge in [-0.15, -0.1) is 0 Å². The van der Waals surface area contributed by atoms with Crippen molar-refractivity contribution in [2.75, 3.05) is 39.1 Å². The fourth-order valence-corrected chi connectivity index (χ4v) is 6.11. The molecule has 0 unspecified atom stereocenters. The number of nitrogens with zero attached hydrogens (tertiary/aromatic N) is 3. The summed E-state index contributed by atoms with van der Waals surface area (Å²) in [6, 6.07) is 6.43. The third-order valence-corrected chi connectivity index (χ3v) is 9.47. The summed E-state index contributed by atoms with van der Waals surface area (Å²) in [5, 5.41) is 60.5. The number of aromatic nitrogens is 2. The van der Waals surface area contributed by atoms with Gasteiger partial charge >= 0.3 is 30.0 Å². The highest BCUT2D eigenvalue weighted by Crippen LogP contribution is 2.36. The molecule has 0 spiro atoms. The number of hydrogen-bond donors (Lipinski definition) is 9. The number of nitrogens with two attached hydrogens (primary N) is 1. The van der Waals surface area contributed by atoms with E-state index in [0.29, 0.717) is 18.0 Å². The van der Waals surface area contributed by atoms with Crippen molar-refractivity contribution >= 4 is 29.4 Å². The number of likely N-dealkylation sites (N-methyl/N-ethyl adjacent to an activating group) is 2. The summed E-state index contributed by atoms with van der Waals surface area (Å²) in [5.74, 6) is -6.17. The molecule has 358 valence electrons. The molecule has 2 amide bonds. The monoisotopic (exact) mass is 932 g/mol. The molecule has 5 rings (SSSR count). The first kappa shape index (κ1) is 52.9. The average molecular weight is 933 g/mol. The first-order chi connectivity index (χ1) is 29.7. The number of hydrogen-bond acceptors (Lipinski definition) is 16. The lowest BCUT2D eigenvalue weighted by atomic mass is 9.97. The van der Waals surface area contributed by atoms with Crippen LogP contribution >= 0.6 is 0 Å². The van der Waals surface area contributed by atoms with E-state index in [0.717, 1.165) is 34.6 Å². The van der Waals surface area contributed by atoms with Crippen LogP contribution in [0.5, 0.6) is 5.75 Å². The van der Waals surface area contributed by atoms with Crippen LogP contribution < -0.4 is 27.0 Å². The number of carbonyl (C=O) groups is 4. The van der Waals surface area contributed by atoms with Crippen molar-refractivity contribution in [1.82, 2.24) is 19.4 Å². The van der Waals surface area contributed by atoms with Gasteiger partial charge in [-0.1, -0.05) is 13.3 Å². The SMILES string of the molecule is CCCCOc1ccc(NC(=O)C2=CCN(C)[C@@H]([C@H](O[C@@H]3O[C@H](CN)[C@@H](O)[C@H]3O)[C@H]3O[C@@H](n4ccc(=O)[nH]c4=O)[C@H](O)[C@@H]3O)C(=O)N2C)cc1.O=C(O)C(F)(F)F.O=C(O)C(F)(F)F. The van der Waals surface area contributed by atoms with E-state index in [-0.39, 0.29) is 18.8 Å². The highest BCUT2D eigenvalue weighted by Gasteiger charge is 2.55. The van der Waals surface area contributed by atoms with E-state index in [1.165, 1.54) is 18.0 Å². The number of aliphatic hydroxyl groups is 4. The Kier molecular flexibility index (Phi) is 18.5. The van der Waals surface area contributed by atoms with E-state index in [1.54, 1.807) is 31.3 Å². The highest BCUT2D eigenvalue weighted by atomic mass is 19.4. The summed E-state index contributed by atoms with van der Waals surface area (Å²) in [4.78, 5) is 74.4. The number of aliphatic carboxylic acids is 2. The van der Waals surface area contributed by atoms with Gasteiger partial charge in [-0.25, -0.2) is 14.4 Å². The van der Waals surface area contributed by atoms with E-state index in [1.807, 2.05) is 4.98 Å². The molecule has 22 nitrogen and oxygen atoms in total. The largest absolute Gasteiger partial charge is 0.494 e. The van der Waals surface area contributed by atoms with E-state index in [9.17, 15) is 65.9 Å². The number of rotatable bonds is 12. The van der Waals surface area contributed by atoms with Crippen molar-refractivity contribution in [1.29, 1.82) is 0 Å². The number of alkyl halides is 6. The number of carboxylic acid groups (broad SMARTS) is 2. The molecular formula is C36H46F6N6O16. The third-order valence-electron chi connectivity index (χ3n) is 9.47. The zero-order valence-corrected chi connectivity index (χ0v) is 33.8. The second-order valence-corrected chi connectivity index (χ2v) is 14.0. The molecule has 2 aromatic rings. The third kappa shape index (κ3) is 13.5. The summed E-state index contributed by atoms with van der Waals surface area (Å²) < 4.78 is 87.8. The topological polar surface area (TPSA) is 326 Å². The van der Waals surface area contributed by atoms with Crippen LogP contribution in [0.15, 0.2) is 57.9 Å². The molecule has 0 bridgehead atoms. The minimum atomic E-state index is -5.08. The molecule has 0 radical (unpaired) electrons. The first-order valence-corrected chi connectivity index (χ1v) is 18.8. The van der Waals surface area contributed by atoms with Gasteiger partial charge in [0.05, 0.1) is 6.61 Å². The van der Waals surface area contributed by atoms with E-state index < -0.39 is 109 Å². The summed E-state index contributed by atoms with van der Waals surface area (Å²) in [6.45, 7) is 2.45. The van der Waals surface area contributed by atoms with Crippen LogP contribution in [0.4, 0.5) is 32.0 Å². The number of H-pyrrole nitrogens is 1. The fourth-order valence-electron chi connectivity index (χ4n) is 6.11. The quantitative estimate of drug-likeness (QED) is 0.0881. The van der Waals surface area contributed by atoms with E-state index in [4.69, 9.17) is 44.5 Å². The van der Waals surface area contributed by atoms with Crippen LogP contribution in [-0.4, -0.2) is 175 Å². The minimum absolute atomic E-state index is 0.00384. The van der Waals surface area contributed by atoms with Gasteiger partial charge in [-0.2, -0.15) is 26.3 Å². The van der Waals surface area contributed by atoms with Crippen molar-refractivity contribution in [2.24, 2.45) is 5.73 Å². The standard InChI is InChI=1S/C32H44N6O12.2C2HF3O2/c1-4-5-14-47-17-8-6-16(7-9-17)34-28(44)18-10-12-36(2)21(29(45)37(18)3)26(50-31-25(43)22(40)19(15-33)48-31)27-23(41)24(42)30(49-27)38-13-11-20(39)35-32(38)46;2*3-2(4,5)1(6)7/h6-11,13,19,21-27,30-31,40-43H,4-5,12,14-15,33H2,1-3H3,(H,34,44)(H,35,39,46);2*(H,6,7)/t19-,21+,22-,23+,24-,25-,26+,27+,30-,31+;;/m1../s1. The maximum Gasteiger partial charge on any atom is 0.490 e. The summed E-state index contributed by atoms with van der Waals surface area (Å²) >= 11 is 0. The van der Waals surface area contributed by atoms with Crippen LogP contribution in [0.1, 0.15) is 26.0 Å². The fraction of sp³-hybridized carbons (Fsp3) is 0.556. The Balaban J connectivity index is 0.000000671. The molecule has 10 N–H and O–H groups in total. The number of carbonyl (C=O) groups excluding carboxylic acids is 2. The lowest BCUT2D eigenvalue weighted by molar-refractivity contribution is -0.232. The number of aromatic amines is 1. The Morgan fingerprint density at radius 2 is 1.48 bits per heavy atom. The van der Waals surface area contributed by atoms with Gasteiger partial charge in [0.2, 0.25) is 5.91 Å². The normalized spacial score (nSPS) is 26.7. The maximum atomic E-state index is 14.3. The Hall–Kier alpha value is -5.46. The smallest absolute Gasteiger partial charge is 0.490 e. The van der Waals surface area contributed by atoms with Crippen LogP contribution in [0.3, 0.4) is 0 Å². The predicted octanol–water partition coefficient (Wildman–Crippen LogP) is -1.31. The second-order valence-electron chi connectivity index (χ2n) is 14.0. The lowest BCUT2D eigenvalue weighted by Gasteiger charge is -2.38. The number of ether oxygens (including phenoxy) is 4. The maximum absolute atomic E-state index is 14.3. The van der Waals surface area contributed by atoms with E-state index in [2.05, 4.69) is 12.2 Å². The van der Waals surface area contributed by atoms with Crippen LogP contribution in [-0.2, 0) is 33.4 Å². The van der Waals surface area contributed by atoms with Crippen molar-refractivity contribution in [2.45, 2.75) is 93.4 Å². The zero-order chi connectivity index (χ0) is 48.4. The van der Waals surface area contributed by atoms with Crippen molar-refractivity contribution in [3.63, 3.8) is 0 Å². The Labute approximate surface area is 357 Å². The summed E-state index contributed by atoms with van der Waals surface area (Å²) in [6.07, 6.45) is -19.5. The summed E-state index contributed by atoms with van der Waals surface area (Å²) in [5.41, 5.74) is 4.49. The van der Waals surface area contributed by atoms with Gasteiger partial charge < -0.3 is 65.5 Å². The molecule has 1 aromatic heterocycles. The molecular weight excluding hydrogens is 886 g/mol. The molecule has 2 fully saturated rings. The molecule has 10 atom stereocenters. The Bertz CT molecular complexity index is 2040. The molecule has 3 aliphatic heterocycles. The second kappa shape index (κ2) is 22.4. The zero-order valence-electron chi connectivity index (χ0n) is 33.8. The number of unbranched alkanes of at least 4 members (excludes halogenated alkanes) is 1. The van der Waals surface area contributed by atoms with Crippen LogP contribution in [0.25, 0.3) is 0 Å². The summed E-state index contributed by atoms with van der Waals surface area (Å²) in [7, 11) is 2.92. The number of carboxylic acids is 2. The molecule has 4 heterocycles. The molecule has 64 heavy (non-hydrogen) atoms. The van der Waals surface area contributed by atoms with Gasteiger partial charge in [0.15, 0.2) is 12.5 Å². The molecule has 0 saturated carbocycles. The van der Waals surface area contributed by atoms with Crippen molar-refractivity contribution in [3.05, 3.63) is 69.1 Å².